The van der Waals surface area contributed by atoms with Gasteiger partial charge in [-0.1, -0.05) is 36.8 Å². The standard InChI is InChI=1S/C29H41N3O6S/c1-7-24(28(34)30-29(3,4)5)31(20-22-12-10-21(2)11-13-22)27(33)9-8-16-32(39(6,35)36)23-14-15-25-26(19-23)38-18-17-37-25/h10-15,19,24H,7-9,16-18,20H2,1-6H3,(H,30,34)/t24-/m1/s1. The first-order chi connectivity index (χ1) is 18.3. The molecule has 0 radical (unpaired) electrons. The van der Waals surface area contributed by atoms with Gasteiger partial charge in [0.2, 0.25) is 21.8 Å². The molecule has 0 unspecified atom stereocenters. The molecule has 2 aromatic rings. The van der Waals surface area contributed by atoms with Crippen molar-refractivity contribution in [2.75, 3.05) is 30.3 Å². The molecule has 10 heteroatoms. The van der Waals surface area contributed by atoms with Gasteiger partial charge in [-0.05, 0) is 58.2 Å². The number of benzene rings is 2. The molecule has 2 amide bonds. The Kier molecular flexibility index (Phi) is 9.88. The second-order valence-corrected chi connectivity index (χ2v) is 12.8. The van der Waals surface area contributed by atoms with Crippen molar-refractivity contribution in [3.8, 4) is 11.5 Å². The van der Waals surface area contributed by atoms with E-state index in [1.54, 1.807) is 23.1 Å². The highest BCUT2D eigenvalue weighted by atomic mass is 32.2. The number of nitrogens with one attached hydrogen (secondary N) is 1. The summed E-state index contributed by atoms with van der Waals surface area (Å²) in [4.78, 5) is 28.4. The fourth-order valence-electron chi connectivity index (χ4n) is 4.45. The van der Waals surface area contributed by atoms with Crippen molar-refractivity contribution in [1.29, 1.82) is 0 Å². The molecule has 0 fully saturated rings. The monoisotopic (exact) mass is 559 g/mol. The molecule has 2 aromatic carbocycles. The molecule has 0 bridgehead atoms. The Labute approximate surface area is 232 Å². The highest BCUT2D eigenvalue weighted by Crippen LogP contribution is 2.34. The van der Waals surface area contributed by atoms with E-state index in [1.165, 1.54) is 4.31 Å². The van der Waals surface area contributed by atoms with Crippen molar-refractivity contribution in [1.82, 2.24) is 10.2 Å². The van der Waals surface area contributed by atoms with Gasteiger partial charge in [0, 0.05) is 31.1 Å². The van der Waals surface area contributed by atoms with Gasteiger partial charge in [0.25, 0.3) is 0 Å². The molecule has 0 aliphatic carbocycles. The number of hydrogen-bond donors (Lipinski definition) is 1. The van der Waals surface area contributed by atoms with Crippen LogP contribution in [0.15, 0.2) is 42.5 Å². The average Bonchev–Trinajstić information content (AvgIpc) is 2.85. The molecule has 0 aromatic heterocycles. The fraction of sp³-hybridized carbons (Fsp3) is 0.517. The summed E-state index contributed by atoms with van der Waals surface area (Å²) in [5, 5.41) is 3.00. The largest absolute Gasteiger partial charge is 0.486 e. The number of amides is 2. The van der Waals surface area contributed by atoms with Crippen LogP contribution in [0.3, 0.4) is 0 Å². The van der Waals surface area contributed by atoms with Crippen LogP contribution in [0.5, 0.6) is 11.5 Å². The van der Waals surface area contributed by atoms with Crippen LogP contribution in [0, 0.1) is 6.92 Å². The zero-order valence-electron chi connectivity index (χ0n) is 23.8. The Bertz CT molecular complexity index is 1250. The second kappa shape index (κ2) is 12.7. The van der Waals surface area contributed by atoms with Crippen LogP contribution < -0.4 is 19.1 Å². The Morgan fingerprint density at radius 2 is 1.67 bits per heavy atom. The lowest BCUT2D eigenvalue weighted by atomic mass is 10.0. The summed E-state index contributed by atoms with van der Waals surface area (Å²) in [5.74, 6) is 0.643. The van der Waals surface area contributed by atoms with Gasteiger partial charge in [-0.25, -0.2) is 8.42 Å². The third kappa shape index (κ3) is 8.61. The molecule has 1 aliphatic heterocycles. The van der Waals surface area contributed by atoms with Crippen molar-refractivity contribution in [2.45, 2.75) is 72.0 Å². The summed E-state index contributed by atoms with van der Waals surface area (Å²) in [7, 11) is -3.62. The summed E-state index contributed by atoms with van der Waals surface area (Å²) in [6, 6.07) is 12.2. The third-order valence-corrected chi connectivity index (χ3v) is 7.52. The number of nitrogens with zero attached hydrogens (tertiary/aromatic N) is 2. The molecule has 0 spiro atoms. The van der Waals surface area contributed by atoms with Crippen molar-refractivity contribution < 1.29 is 27.5 Å². The topological polar surface area (TPSA) is 105 Å². The molecule has 39 heavy (non-hydrogen) atoms. The molecular formula is C29H41N3O6S. The summed E-state index contributed by atoms with van der Waals surface area (Å²) in [5.41, 5.74) is 2.03. The lowest BCUT2D eigenvalue weighted by Crippen LogP contribution is -2.53. The lowest BCUT2D eigenvalue weighted by molar-refractivity contribution is -0.142. The summed E-state index contributed by atoms with van der Waals surface area (Å²) < 4.78 is 37.8. The van der Waals surface area contributed by atoms with E-state index >= 15 is 0 Å². The third-order valence-electron chi connectivity index (χ3n) is 6.32. The van der Waals surface area contributed by atoms with E-state index < -0.39 is 21.6 Å². The van der Waals surface area contributed by atoms with E-state index in [9.17, 15) is 18.0 Å². The Balaban J connectivity index is 1.78. The Morgan fingerprint density at radius 3 is 2.26 bits per heavy atom. The summed E-state index contributed by atoms with van der Waals surface area (Å²) in [6.45, 7) is 10.8. The first kappa shape index (κ1) is 30.3. The van der Waals surface area contributed by atoms with Gasteiger partial charge in [0.05, 0.1) is 11.9 Å². The van der Waals surface area contributed by atoms with Gasteiger partial charge in [0.1, 0.15) is 19.3 Å². The smallest absolute Gasteiger partial charge is 0.243 e. The summed E-state index contributed by atoms with van der Waals surface area (Å²) in [6.07, 6.45) is 1.95. The summed E-state index contributed by atoms with van der Waals surface area (Å²) >= 11 is 0. The van der Waals surface area contributed by atoms with E-state index in [-0.39, 0.29) is 37.7 Å². The maximum absolute atomic E-state index is 13.6. The average molecular weight is 560 g/mol. The maximum atomic E-state index is 13.6. The van der Waals surface area contributed by atoms with Crippen molar-refractivity contribution >= 4 is 27.5 Å². The highest BCUT2D eigenvalue weighted by molar-refractivity contribution is 7.92. The number of ether oxygens (including phenoxy) is 2. The molecule has 1 heterocycles. The molecule has 9 nitrogen and oxygen atoms in total. The zero-order valence-corrected chi connectivity index (χ0v) is 24.6. The van der Waals surface area contributed by atoms with Gasteiger partial charge >= 0.3 is 0 Å². The molecule has 214 valence electrons. The number of aryl methyl sites for hydroxylation is 1. The number of sulfonamides is 1. The highest BCUT2D eigenvalue weighted by Gasteiger charge is 2.31. The first-order valence-electron chi connectivity index (χ1n) is 13.3. The number of rotatable bonds is 11. The van der Waals surface area contributed by atoms with Crippen molar-refractivity contribution in [3.05, 3.63) is 53.6 Å². The quantitative estimate of drug-likeness (QED) is 0.446. The zero-order chi connectivity index (χ0) is 28.8. The predicted octanol–water partition coefficient (Wildman–Crippen LogP) is 4.03. The minimum atomic E-state index is -3.62. The molecule has 3 rings (SSSR count). The van der Waals surface area contributed by atoms with Gasteiger partial charge in [-0.15, -0.1) is 0 Å². The molecule has 0 saturated carbocycles. The van der Waals surface area contributed by atoms with Gasteiger partial charge in [0.15, 0.2) is 11.5 Å². The SMILES string of the molecule is CC[C@H](C(=O)NC(C)(C)C)N(Cc1ccc(C)cc1)C(=O)CCCN(c1ccc2c(c1)OCCO2)S(C)(=O)=O. The van der Waals surface area contributed by atoms with E-state index in [2.05, 4.69) is 5.32 Å². The molecule has 1 aliphatic rings. The van der Waals surface area contributed by atoms with Crippen LogP contribution in [0.1, 0.15) is 58.1 Å². The van der Waals surface area contributed by atoms with Crippen LogP contribution in [-0.2, 0) is 26.2 Å². The van der Waals surface area contributed by atoms with E-state index in [1.807, 2.05) is 58.9 Å². The predicted molar refractivity (Wildman–Crippen MR) is 153 cm³/mol. The normalized spacial score (nSPS) is 13.9. The molecule has 1 N–H and O–H groups in total. The lowest BCUT2D eigenvalue weighted by Gasteiger charge is -2.33. The number of carbonyl (C=O) groups is 2. The van der Waals surface area contributed by atoms with Crippen molar-refractivity contribution in [2.24, 2.45) is 0 Å². The number of fused-ring (bicyclic) bond motifs is 1. The number of anilines is 1. The van der Waals surface area contributed by atoms with Crippen LogP contribution >= 0.6 is 0 Å². The fourth-order valence-corrected chi connectivity index (χ4v) is 5.41. The molecular weight excluding hydrogens is 518 g/mol. The first-order valence-corrected chi connectivity index (χ1v) is 15.2. The maximum Gasteiger partial charge on any atom is 0.243 e. The number of hydrogen-bond acceptors (Lipinski definition) is 6. The van der Waals surface area contributed by atoms with E-state index in [0.29, 0.717) is 36.8 Å². The van der Waals surface area contributed by atoms with Gasteiger partial charge < -0.3 is 19.7 Å². The molecule has 1 atom stereocenters. The van der Waals surface area contributed by atoms with Crippen molar-refractivity contribution in [3.63, 3.8) is 0 Å². The van der Waals surface area contributed by atoms with Crippen LogP contribution in [0.2, 0.25) is 0 Å². The number of carbonyl (C=O) groups excluding carboxylic acids is 2. The minimum Gasteiger partial charge on any atom is -0.486 e. The second-order valence-electron chi connectivity index (χ2n) is 10.9. The van der Waals surface area contributed by atoms with Crippen LogP contribution in [0.4, 0.5) is 5.69 Å². The Morgan fingerprint density at radius 1 is 1.03 bits per heavy atom. The van der Waals surface area contributed by atoms with Gasteiger partial charge in [-0.3, -0.25) is 13.9 Å². The van der Waals surface area contributed by atoms with E-state index in [4.69, 9.17) is 9.47 Å². The Hall–Kier alpha value is -3.27. The van der Waals surface area contributed by atoms with Gasteiger partial charge in [-0.2, -0.15) is 0 Å². The molecule has 0 saturated heterocycles. The minimum absolute atomic E-state index is 0.0851. The van der Waals surface area contributed by atoms with E-state index in [0.717, 1.165) is 17.4 Å². The van der Waals surface area contributed by atoms with Crippen LogP contribution in [0.25, 0.3) is 0 Å². The van der Waals surface area contributed by atoms with Crippen LogP contribution in [-0.4, -0.2) is 62.7 Å².